The molecular formula is C5H11ClN2O2. The molecule has 1 atom stereocenters. The summed E-state index contributed by atoms with van der Waals surface area (Å²) >= 11 is 0. The normalized spacial score (nSPS) is 23.5. The molecule has 1 saturated heterocycles. The Kier molecular flexibility index (Phi) is 4.34. The average Bonchev–Trinajstić information content (AvgIpc) is 2.37. The largest absolute Gasteiger partial charge is 0.381 e. The van der Waals surface area contributed by atoms with E-state index >= 15 is 0 Å². The quantitative estimate of drug-likeness (QED) is 0.312. The zero-order chi connectivity index (χ0) is 6.69. The number of halogens is 1. The van der Waals surface area contributed by atoms with Gasteiger partial charge in [-0.05, 0) is 6.42 Å². The number of hydrogen-bond donors (Lipinski definition) is 2. The minimum Gasteiger partial charge on any atom is -0.381 e. The van der Waals surface area contributed by atoms with Gasteiger partial charge in [0.1, 0.15) is 0 Å². The number of amides is 1. The van der Waals surface area contributed by atoms with E-state index < -0.39 is 0 Å². The lowest BCUT2D eigenvalue weighted by atomic mass is 10.1. The van der Waals surface area contributed by atoms with E-state index in [1.807, 2.05) is 0 Å². The lowest BCUT2D eigenvalue weighted by molar-refractivity contribution is -0.125. The van der Waals surface area contributed by atoms with Crippen LogP contribution in [0.4, 0.5) is 0 Å². The van der Waals surface area contributed by atoms with Crippen LogP contribution in [0.5, 0.6) is 0 Å². The molecule has 1 aliphatic rings. The first-order chi connectivity index (χ1) is 4.34. The molecule has 0 aliphatic carbocycles. The Morgan fingerprint density at radius 3 is 2.80 bits per heavy atom. The highest BCUT2D eigenvalue weighted by Crippen LogP contribution is 2.10. The van der Waals surface area contributed by atoms with Crippen molar-refractivity contribution in [1.82, 2.24) is 5.43 Å². The number of hydrazine groups is 1. The fraction of sp³-hybridized carbons (Fsp3) is 0.800. The van der Waals surface area contributed by atoms with Gasteiger partial charge in [-0.25, -0.2) is 5.84 Å². The molecule has 60 valence electrons. The number of nitrogens with two attached hydrogens (primary N) is 1. The highest BCUT2D eigenvalue weighted by molar-refractivity contribution is 5.85. The Morgan fingerprint density at radius 2 is 2.40 bits per heavy atom. The van der Waals surface area contributed by atoms with E-state index in [-0.39, 0.29) is 24.2 Å². The molecule has 0 aromatic rings. The fourth-order valence-corrected chi connectivity index (χ4v) is 0.859. The summed E-state index contributed by atoms with van der Waals surface area (Å²) in [5.41, 5.74) is 2.09. The van der Waals surface area contributed by atoms with E-state index in [4.69, 9.17) is 10.6 Å². The molecule has 4 nitrogen and oxygen atoms in total. The van der Waals surface area contributed by atoms with Crippen molar-refractivity contribution in [3.8, 4) is 0 Å². The van der Waals surface area contributed by atoms with Crippen molar-refractivity contribution in [3.05, 3.63) is 0 Å². The minimum atomic E-state index is -0.118. The molecule has 1 aliphatic heterocycles. The van der Waals surface area contributed by atoms with Gasteiger partial charge in [0.2, 0.25) is 5.91 Å². The van der Waals surface area contributed by atoms with Crippen molar-refractivity contribution in [2.45, 2.75) is 6.42 Å². The molecule has 3 N–H and O–H groups in total. The van der Waals surface area contributed by atoms with Gasteiger partial charge in [0.05, 0.1) is 12.5 Å². The third-order valence-corrected chi connectivity index (χ3v) is 1.44. The Bertz CT molecular complexity index is 114. The third kappa shape index (κ3) is 2.13. The maximum Gasteiger partial charge on any atom is 0.239 e. The number of hydrogen-bond acceptors (Lipinski definition) is 3. The molecule has 1 amide bonds. The smallest absolute Gasteiger partial charge is 0.239 e. The molecule has 1 rings (SSSR count). The number of carbonyl (C=O) groups is 1. The van der Waals surface area contributed by atoms with E-state index in [1.165, 1.54) is 0 Å². The van der Waals surface area contributed by atoms with Gasteiger partial charge < -0.3 is 4.74 Å². The van der Waals surface area contributed by atoms with Crippen LogP contribution in [-0.4, -0.2) is 19.1 Å². The van der Waals surface area contributed by atoms with Gasteiger partial charge in [0.15, 0.2) is 0 Å². The zero-order valence-corrected chi connectivity index (χ0v) is 6.32. The lowest BCUT2D eigenvalue weighted by Crippen LogP contribution is -2.36. The Hall–Kier alpha value is -0.320. The molecule has 10 heavy (non-hydrogen) atoms. The molecule has 0 bridgehead atoms. The molecule has 0 aromatic heterocycles. The molecular weight excluding hydrogens is 156 g/mol. The number of rotatable bonds is 1. The van der Waals surface area contributed by atoms with Gasteiger partial charge in [-0.15, -0.1) is 12.4 Å². The number of ether oxygens (including phenoxy) is 1. The SMILES string of the molecule is Cl.NNC(=O)C1CCOC1. The standard InChI is InChI=1S/C5H10N2O2.ClH/c6-7-5(8)4-1-2-9-3-4;/h4H,1-3,6H2,(H,7,8);1H. The average molecular weight is 167 g/mol. The van der Waals surface area contributed by atoms with Crippen LogP contribution in [0, 0.1) is 5.92 Å². The summed E-state index contributed by atoms with van der Waals surface area (Å²) in [6, 6.07) is 0. The Balaban J connectivity index is 0.000000810. The molecule has 0 aromatic carbocycles. The summed E-state index contributed by atoms with van der Waals surface area (Å²) in [7, 11) is 0. The predicted octanol–water partition coefficient (Wildman–Crippen LogP) is -0.565. The Morgan fingerprint density at radius 1 is 1.70 bits per heavy atom. The second-order valence-corrected chi connectivity index (χ2v) is 2.07. The number of nitrogens with one attached hydrogen (secondary N) is 1. The van der Waals surface area contributed by atoms with E-state index in [0.29, 0.717) is 13.2 Å². The van der Waals surface area contributed by atoms with Crippen molar-refractivity contribution in [1.29, 1.82) is 0 Å². The van der Waals surface area contributed by atoms with Gasteiger partial charge in [-0.3, -0.25) is 10.2 Å². The van der Waals surface area contributed by atoms with Crippen molar-refractivity contribution >= 4 is 18.3 Å². The monoisotopic (exact) mass is 166 g/mol. The highest BCUT2D eigenvalue weighted by Gasteiger charge is 2.22. The molecule has 1 heterocycles. The van der Waals surface area contributed by atoms with Crippen LogP contribution in [-0.2, 0) is 9.53 Å². The third-order valence-electron chi connectivity index (χ3n) is 1.44. The Labute approximate surface area is 65.5 Å². The molecule has 1 unspecified atom stereocenters. The predicted molar refractivity (Wildman–Crippen MR) is 38.5 cm³/mol. The summed E-state index contributed by atoms with van der Waals surface area (Å²) in [6.45, 7) is 1.20. The maximum absolute atomic E-state index is 10.7. The van der Waals surface area contributed by atoms with E-state index in [9.17, 15) is 4.79 Å². The van der Waals surface area contributed by atoms with Gasteiger partial charge in [-0.1, -0.05) is 0 Å². The summed E-state index contributed by atoms with van der Waals surface area (Å²) in [6.07, 6.45) is 0.795. The summed E-state index contributed by atoms with van der Waals surface area (Å²) in [4.78, 5) is 10.7. The van der Waals surface area contributed by atoms with Gasteiger partial charge >= 0.3 is 0 Å². The molecule has 0 spiro atoms. The van der Waals surface area contributed by atoms with Crippen LogP contribution in [0.2, 0.25) is 0 Å². The van der Waals surface area contributed by atoms with Crippen LogP contribution >= 0.6 is 12.4 Å². The second kappa shape index (κ2) is 4.49. The van der Waals surface area contributed by atoms with Crippen LogP contribution in [0.3, 0.4) is 0 Å². The molecule has 1 fully saturated rings. The van der Waals surface area contributed by atoms with Gasteiger partial charge in [0, 0.05) is 6.61 Å². The molecule has 0 radical (unpaired) electrons. The molecule has 0 saturated carbocycles. The van der Waals surface area contributed by atoms with Crippen LogP contribution < -0.4 is 11.3 Å². The zero-order valence-electron chi connectivity index (χ0n) is 5.50. The van der Waals surface area contributed by atoms with Gasteiger partial charge in [0.25, 0.3) is 0 Å². The molecule has 5 heteroatoms. The first kappa shape index (κ1) is 9.68. The van der Waals surface area contributed by atoms with Crippen molar-refractivity contribution in [3.63, 3.8) is 0 Å². The summed E-state index contributed by atoms with van der Waals surface area (Å²) in [5.74, 6) is 4.76. The van der Waals surface area contributed by atoms with E-state index in [2.05, 4.69) is 5.43 Å². The van der Waals surface area contributed by atoms with Crippen LogP contribution in [0.1, 0.15) is 6.42 Å². The second-order valence-electron chi connectivity index (χ2n) is 2.07. The fourth-order valence-electron chi connectivity index (χ4n) is 0.859. The van der Waals surface area contributed by atoms with Crippen LogP contribution in [0.25, 0.3) is 0 Å². The van der Waals surface area contributed by atoms with Crippen molar-refractivity contribution in [2.24, 2.45) is 11.8 Å². The van der Waals surface area contributed by atoms with Gasteiger partial charge in [-0.2, -0.15) is 0 Å². The topological polar surface area (TPSA) is 64.3 Å². The maximum atomic E-state index is 10.7. The summed E-state index contributed by atoms with van der Waals surface area (Å²) in [5, 5.41) is 0. The minimum absolute atomic E-state index is 0. The van der Waals surface area contributed by atoms with Crippen LogP contribution in [0.15, 0.2) is 0 Å². The first-order valence-electron chi connectivity index (χ1n) is 2.93. The van der Waals surface area contributed by atoms with E-state index in [0.717, 1.165) is 6.42 Å². The van der Waals surface area contributed by atoms with Crippen molar-refractivity contribution < 1.29 is 9.53 Å². The van der Waals surface area contributed by atoms with E-state index in [1.54, 1.807) is 0 Å². The number of carbonyl (C=O) groups excluding carboxylic acids is 1. The lowest BCUT2D eigenvalue weighted by Gasteiger charge is -2.02. The highest BCUT2D eigenvalue weighted by atomic mass is 35.5. The summed E-state index contributed by atoms with van der Waals surface area (Å²) < 4.78 is 4.96. The first-order valence-corrected chi connectivity index (χ1v) is 2.93. The van der Waals surface area contributed by atoms with Crippen molar-refractivity contribution in [2.75, 3.05) is 13.2 Å².